The van der Waals surface area contributed by atoms with Gasteiger partial charge in [-0.3, -0.25) is 9.78 Å². The highest BCUT2D eigenvalue weighted by Gasteiger charge is 2.64. The van der Waals surface area contributed by atoms with Crippen molar-refractivity contribution in [3.05, 3.63) is 65.5 Å². The number of carbonyl (C=O) groups excluding carboxylic acids is 1. The molecule has 0 N–H and O–H groups in total. The molecule has 2 aliphatic rings. The predicted molar refractivity (Wildman–Crippen MR) is 69.9 cm³/mol. The smallest absolute Gasteiger partial charge is 0.198 e. The number of hydrogen-bond acceptors (Lipinski definition) is 3. The van der Waals surface area contributed by atoms with Crippen molar-refractivity contribution in [3.8, 4) is 0 Å². The number of fused-ring (bicyclic) bond motifs is 1. The summed E-state index contributed by atoms with van der Waals surface area (Å²) in [5.74, 6) is 0.116. The normalized spacial score (nSPS) is 28.2. The van der Waals surface area contributed by atoms with Gasteiger partial charge in [0.25, 0.3) is 0 Å². The van der Waals surface area contributed by atoms with Crippen LogP contribution in [0, 0.1) is 0 Å². The molecule has 2 heterocycles. The molecule has 0 amide bonds. The minimum atomic E-state index is -0.650. The molecule has 0 radical (unpaired) electrons. The van der Waals surface area contributed by atoms with E-state index >= 15 is 0 Å². The Morgan fingerprint density at radius 3 is 2.84 bits per heavy atom. The van der Waals surface area contributed by atoms with Crippen molar-refractivity contribution < 1.29 is 9.53 Å². The summed E-state index contributed by atoms with van der Waals surface area (Å²) in [6.45, 7) is 0. The van der Waals surface area contributed by atoms with Crippen LogP contribution in [0.2, 0.25) is 0 Å². The third-order valence-electron chi connectivity index (χ3n) is 4.06. The lowest BCUT2D eigenvalue weighted by Crippen LogP contribution is -2.31. The van der Waals surface area contributed by atoms with Crippen LogP contribution < -0.4 is 0 Å². The maximum absolute atomic E-state index is 12.6. The Hall–Kier alpha value is -2.00. The van der Waals surface area contributed by atoms with E-state index in [-0.39, 0.29) is 11.9 Å². The predicted octanol–water partition coefficient (Wildman–Crippen LogP) is 2.72. The Kier molecular flexibility index (Phi) is 2.15. The van der Waals surface area contributed by atoms with E-state index in [2.05, 4.69) is 4.98 Å². The largest absolute Gasteiger partial charge is 0.351 e. The molecule has 4 rings (SSSR count). The number of aryl methyl sites for hydroxylation is 1. The molecular weight excluding hydrogens is 238 g/mol. The zero-order chi connectivity index (χ0) is 12.9. The minimum absolute atomic E-state index is 0.116. The van der Waals surface area contributed by atoms with Crippen molar-refractivity contribution in [2.24, 2.45) is 0 Å². The monoisotopic (exact) mass is 251 g/mol. The molecule has 2 atom stereocenters. The van der Waals surface area contributed by atoms with E-state index in [4.69, 9.17) is 4.74 Å². The molecule has 1 aromatic carbocycles. The third kappa shape index (κ3) is 1.48. The van der Waals surface area contributed by atoms with E-state index in [0.717, 1.165) is 29.7 Å². The lowest BCUT2D eigenvalue weighted by molar-refractivity contribution is 0.0850. The van der Waals surface area contributed by atoms with Crippen LogP contribution in [-0.4, -0.2) is 16.4 Å². The molecule has 3 heteroatoms. The molecule has 1 saturated heterocycles. The SMILES string of the molecule is O=C1c2ccccc2CC[C@]12O[C@@H]2c1ccccn1. The highest BCUT2D eigenvalue weighted by Crippen LogP contribution is 2.55. The fourth-order valence-electron chi connectivity index (χ4n) is 2.99. The molecule has 0 bridgehead atoms. The van der Waals surface area contributed by atoms with Gasteiger partial charge in [-0.2, -0.15) is 0 Å². The van der Waals surface area contributed by atoms with E-state index < -0.39 is 5.60 Å². The zero-order valence-electron chi connectivity index (χ0n) is 10.4. The number of rotatable bonds is 1. The summed E-state index contributed by atoms with van der Waals surface area (Å²) in [5.41, 5.74) is 2.15. The standard InChI is InChI=1S/C16H13NO2/c18-14-12-6-2-1-5-11(12)8-9-16(14)15(19-16)13-7-3-4-10-17-13/h1-7,10,15H,8-9H2/t15-,16+/m1/s1. The Morgan fingerprint density at radius 1 is 1.16 bits per heavy atom. The summed E-state index contributed by atoms with van der Waals surface area (Å²) in [6.07, 6.45) is 3.22. The van der Waals surface area contributed by atoms with E-state index in [9.17, 15) is 4.79 Å². The van der Waals surface area contributed by atoms with E-state index in [1.54, 1.807) is 6.20 Å². The molecule has 0 saturated carbocycles. The van der Waals surface area contributed by atoms with Gasteiger partial charge in [-0.25, -0.2) is 0 Å². The van der Waals surface area contributed by atoms with Gasteiger partial charge in [0.15, 0.2) is 11.4 Å². The van der Waals surface area contributed by atoms with Gasteiger partial charge in [-0.15, -0.1) is 0 Å². The second-order valence-corrected chi connectivity index (χ2v) is 5.13. The Bertz CT molecular complexity index is 653. The molecule has 1 aliphatic heterocycles. The van der Waals surface area contributed by atoms with Gasteiger partial charge in [-0.05, 0) is 30.5 Å². The second kappa shape index (κ2) is 3.75. The van der Waals surface area contributed by atoms with Crippen LogP contribution in [-0.2, 0) is 11.2 Å². The lowest BCUT2D eigenvalue weighted by Gasteiger charge is -2.20. The summed E-state index contributed by atoms with van der Waals surface area (Å²) in [5, 5.41) is 0. The highest BCUT2D eigenvalue weighted by atomic mass is 16.6. The number of Topliss-reactive ketones (excluding diaryl/α,β-unsaturated/α-hetero) is 1. The van der Waals surface area contributed by atoms with Crippen LogP contribution in [0.25, 0.3) is 0 Å². The number of hydrogen-bond donors (Lipinski definition) is 0. The van der Waals surface area contributed by atoms with Crippen LogP contribution in [0.1, 0.15) is 34.1 Å². The Balaban J connectivity index is 1.71. The van der Waals surface area contributed by atoms with Gasteiger partial charge in [0.1, 0.15) is 6.10 Å². The first-order valence-corrected chi connectivity index (χ1v) is 6.53. The van der Waals surface area contributed by atoms with Gasteiger partial charge in [0, 0.05) is 11.8 Å². The summed E-state index contributed by atoms with van der Waals surface area (Å²) in [7, 11) is 0. The maximum atomic E-state index is 12.6. The first kappa shape index (κ1) is 10.9. The van der Waals surface area contributed by atoms with E-state index in [0.29, 0.717) is 0 Å². The number of aromatic nitrogens is 1. The van der Waals surface area contributed by atoms with Crippen molar-refractivity contribution in [2.45, 2.75) is 24.5 Å². The quantitative estimate of drug-likeness (QED) is 0.732. The molecule has 0 unspecified atom stereocenters. The molecule has 1 aliphatic carbocycles. The summed E-state index contributed by atoms with van der Waals surface area (Å²) in [6, 6.07) is 13.5. The summed E-state index contributed by atoms with van der Waals surface area (Å²) >= 11 is 0. The zero-order valence-corrected chi connectivity index (χ0v) is 10.4. The van der Waals surface area contributed by atoms with Gasteiger partial charge in [-0.1, -0.05) is 30.3 Å². The van der Waals surface area contributed by atoms with Crippen LogP contribution in [0.4, 0.5) is 0 Å². The van der Waals surface area contributed by atoms with Gasteiger partial charge in [0.05, 0.1) is 5.69 Å². The number of carbonyl (C=O) groups is 1. The van der Waals surface area contributed by atoms with Gasteiger partial charge < -0.3 is 4.74 Å². The second-order valence-electron chi connectivity index (χ2n) is 5.13. The lowest BCUT2D eigenvalue weighted by atomic mass is 9.80. The van der Waals surface area contributed by atoms with Gasteiger partial charge in [0.2, 0.25) is 0 Å². The summed E-state index contributed by atoms with van der Waals surface area (Å²) < 4.78 is 5.79. The minimum Gasteiger partial charge on any atom is -0.351 e. The molecule has 1 aromatic heterocycles. The maximum Gasteiger partial charge on any atom is 0.198 e. The molecule has 94 valence electrons. The van der Waals surface area contributed by atoms with Gasteiger partial charge >= 0.3 is 0 Å². The molecule has 3 nitrogen and oxygen atoms in total. The fourth-order valence-corrected chi connectivity index (χ4v) is 2.99. The van der Waals surface area contributed by atoms with Crippen molar-refractivity contribution in [2.75, 3.05) is 0 Å². The Labute approximate surface area is 111 Å². The first-order chi connectivity index (χ1) is 9.31. The van der Waals surface area contributed by atoms with Crippen molar-refractivity contribution >= 4 is 5.78 Å². The van der Waals surface area contributed by atoms with Crippen LogP contribution in [0.3, 0.4) is 0 Å². The molecule has 2 aromatic rings. The number of pyridine rings is 1. The number of ether oxygens (including phenoxy) is 1. The number of epoxide rings is 1. The summed E-state index contributed by atoms with van der Waals surface area (Å²) in [4.78, 5) is 16.9. The topological polar surface area (TPSA) is 42.5 Å². The average molecular weight is 251 g/mol. The first-order valence-electron chi connectivity index (χ1n) is 6.53. The molecule has 1 fully saturated rings. The van der Waals surface area contributed by atoms with Crippen LogP contribution >= 0.6 is 0 Å². The average Bonchev–Trinajstić information content (AvgIpc) is 3.20. The van der Waals surface area contributed by atoms with E-state index in [1.165, 1.54) is 0 Å². The number of nitrogens with zero attached hydrogens (tertiary/aromatic N) is 1. The third-order valence-corrected chi connectivity index (χ3v) is 4.06. The molecular formula is C16H13NO2. The Morgan fingerprint density at radius 2 is 2.00 bits per heavy atom. The number of ketones is 1. The molecule has 1 spiro atoms. The van der Waals surface area contributed by atoms with Crippen molar-refractivity contribution in [1.29, 1.82) is 0 Å². The van der Waals surface area contributed by atoms with E-state index in [1.807, 2.05) is 42.5 Å². The van der Waals surface area contributed by atoms with Crippen LogP contribution in [0.5, 0.6) is 0 Å². The van der Waals surface area contributed by atoms with Crippen LogP contribution in [0.15, 0.2) is 48.7 Å². The van der Waals surface area contributed by atoms with Crippen molar-refractivity contribution in [1.82, 2.24) is 4.98 Å². The molecule has 19 heavy (non-hydrogen) atoms. The highest BCUT2D eigenvalue weighted by molar-refractivity contribution is 6.06. The fraction of sp³-hybridized carbons (Fsp3) is 0.250. The number of benzene rings is 1. The van der Waals surface area contributed by atoms with Crippen molar-refractivity contribution in [3.63, 3.8) is 0 Å².